The fourth-order valence-corrected chi connectivity index (χ4v) is 4.86. The highest BCUT2D eigenvalue weighted by Gasteiger charge is 2.27. The molecule has 2 heterocycles. The molecule has 164 valence electrons. The number of anilines is 1. The molecule has 0 atom stereocenters. The van der Waals surface area contributed by atoms with Crippen LogP contribution in [0.1, 0.15) is 45.0 Å². The molecule has 2 aromatic heterocycles. The molecule has 0 spiro atoms. The summed E-state index contributed by atoms with van der Waals surface area (Å²) in [6.07, 6.45) is 0. The minimum absolute atomic E-state index is 0.162. The van der Waals surface area contributed by atoms with E-state index < -0.39 is 11.9 Å². The molecule has 0 saturated heterocycles. The van der Waals surface area contributed by atoms with E-state index in [1.54, 1.807) is 20.8 Å². The lowest BCUT2D eigenvalue weighted by atomic mass is 10.0. The smallest absolute Gasteiger partial charge is 0.348 e. The van der Waals surface area contributed by atoms with E-state index in [1.165, 1.54) is 0 Å². The van der Waals surface area contributed by atoms with Crippen LogP contribution in [0.5, 0.6) is 0 Å². The minimum Gasteiger partial charge on any atom is -0.462 e. The van der Waals surface area contributed by atoms with E-state index in [0.29, 0.717) is 26.7 Å². The molecule has 2 N–H and O–H groups in total. The molecule has 0 aliphatic rings. The number of ether oxygens (including phenoxy) is 2. The quantitative estimate of drug-likeness (QED) is 0.334. The van der Waals surface area contributed by atoms with Gasteiger partial charge in [0.1, 0.15) is 26.5 Å². The van der Waals surface area contributed by atoms with Crippen molar-refractivity contribution < 1.29 is 19.1 Å². The average Bonchev–Trinajstić information content (AvgIpc) is 3.29. The molecule has 3 aromatic rings. The summed E-state index contributed by atoms with van der Waals surface area (Å²) < 4.78 is 10.2. The van der Waals surface area contributed by atoms with Gasteiger partial charge in [-0.3, -0.25) is 0 Å². The van der Waals surface area contributed by atoms with Gasteiger partial charge in [-0.2, -0.15) is 5.26 Å². The van der Waals surface area contributed by atoms with E-state index in [2.05, 4.69) is 16.3 Å². The molecule has 10 heteroatoms. The van der Waals surface area contributed by atoms with Gasteiger partial charge >= 0.3 is 11.9 Å². The largest absolute Gasteiger partial charge is 0.462 e. The molecule has 0 amide bonds. The summed E-state index contributed by atoms with van der Waals surface area (Å²) in [4.78, 5) is 25.1. The van der Waals surface area contributed by atoms with Crippen molar-refractivity contribution >= 4 is 49.6 Å². The number of rotatable bonds is 7. The highest BCUT2D eigenvalue weighted by molar-refractivity contribution is 7.20. The molecule has 3 rings (SSSR count). The number of thiophene rings is 2. The predicted molar refractivity (Wildman–Crippen MR) is 124 cm³/mol. The Bertz CT molecular complexity index is 1220. The lowest BCUT2D eigenvalue weighted by molar-refractivity contribution is 0.0527. The predicted octanol–water partition coefficient (Wildman–Crippen LogP) is 6.01. The van der Waals surface area contributed by atoms with E-state index in [9.17, 15) is 14.9 Å². The molecule has 1 aromatic carbocycles. The van der Waals surface area contributed by atoms with Crippen LogP contribution in [0.3, 0.4) is 0 Å². The van der Waals surface area contributed by atoms with Crippen molar-refractivity contribution in [1.82, 2.24) is 0 Å². The molecule has 0 unspecified atom stereocenters. The Morgan fingerprint density at radius 1 is 1.03 bits per heavy atom. The highest BCUT2D eigenvalue weighted by atomic mass is 32.1. The van der Waals surface area contributed by atoms with E-state index in [0.717, 1.165) is 28.2 Å². The zero-order valence-corrected chi connectivity index (χ0v) is 19.3. The Labute approximate surface area is 192 Å². The normalized spacial score (nSPS) is 10.8. The molecular weight excluding hydrogens is 448 g/mol. The van der Waals surface area contributed by atoms with Crippen LogP contribution in [-0.2, 0) is 9.47 Å². The third kappa shape index (κ3) is 4.54. The van der Waals surface area contributed by atoms with E-state index >= 15 is 0 Å². The second-order valence-electron chi connectivity index (χ2n) is 6.38. The number of azo groups is 1. The molecule has 0 radical (unpaired) electrons. The molecule has 8 nitrogen and oxygen atoms in total. The maximum absolute atomic E-state index is 12.6. The number of benzene rings is 1. The van der Waals surface area contributed by atoms with Gasteiger partial charge in [-0.15, -0.1) is 21.6 Å². The van der Waals surface area contributed by atoms with Crippen LogP contribution >= 0.6 is 22.7 Å². The second kappa shape index (κ2) is 10.2. The van der Waals surface area contributed by atoms with E-state index in [4.69, 9.17) is 15.2 Å². The highest BCUT2D eigenvalue weighted by Crippen LogP contribution is 2.45. The average molecular weight is 469 g/mol. The molecular formula is C22H20N4O4S2. The number of esters is 2. The maximum Gasteiger partial charge on any atom is 0.348 e. The molecule has 0 fully saturated rings. The van der Waals surface area contributed by atoms with Crippen LogP contribution in [0.4, 0.5) is 15.0 Å². The third-order valence-corrected chi connectivity index (χ3v) is 6.45. The van der Waals surface area contributed by atoms with Gasteiger partial charge in [0, 0.05) is 5.56 Å². The fourth-order valence-electron chi connectivity index (χ4n) is 2.98. The number of hydrogen-bond acceptors (Lipinski definition) is 10. The van der Waals surface area contributed by atoms with Crippen LogP contribution in [0.25, 0.3) is 11.1 Å². The van der Waals surface area contributed by atoms with Crippen LogP contribution in [0, 0.1) is 18.3 Å². The first-order valence-electron chi connectivity index (χ1n) is 9.69. The van der Waals surface area contributed by atoms with Gasteiger partial charge in [-0.25, -0.2) is 9.59 Å². The van der Waals surface area contributed by atoms with Gasteiger partial charge in [-0.05, 0) is 31.9 Å². The summed E-state index contributed by atoms with van der Waals surface area (Å²) in [5.74, 6) is -1.14. The van der Waals surface area contributed by atoms with Crippen molar-refractivity contribution in [2.24, 2.45) is 10.2 Å². The topological polar surface area (TPSA) is 127 Å². The van der Waals surface area contributed by atoms with E-state index in [-0.39, 0.29) is 28.7 Å². The number of nitrogens with two attached hydrogens (primary N) is 1. The summed E-state index contributed by atoms with van der Waals surface area (Å²) in [6, 6.07) is 11.4. The van der Waals surface area contributed by atoms with Crippen LogP contribution < -0.4 is 5.73 Å². The standard InChI is InChI=1S/C22H20N4O4S2/c1-4-29-21(27)15-12(3)17(22(28)30-5-2)31-19(15)25-26-20-16(13-9-7-6-8-10-13)14(11-23)18(24)32-20/h6-10H,4-5,24H2,1-3H3/b26-25+. The summed E-state index contributed by atoms with van der Waals surface area (Å²) in [7, 11) is 0. The summed E-state index contributed by atoms with van der Waals surface area (Å²) in [5, 5.41) is 19.1. The summed E-state index contributed by atoms with van der Waals surface area (Å²) >= 11 is 2.12. The second-order valence-corrected chi connectivity index (χ2v) is 8.41. The van der Waals surface area contributed by atoms with Gasteiger partial charge < -0.3 is 15.2 Å². The van der Waals surface area contributed by atoms with Crippen molar-refractivity contribution in [3.8, 4) is 17.2 Å². The number of nitrogens with zero attached hydrogens (tertiary/aromatic N) is 3. The Morgan fingerprint density at radius 2 is 1.66 bits per heavy atom. The van der Waals surface area contributed by atoms with Gasteiger partial charge in [0.05, 0.1) is 18.8 Å². The number of carbonyl (C=O) groups is 2. The number of carbonyl (C=O) groups excluding carboxylic acids is 2. The van der Waals surface area contributed by atoms with Crippen LogP contribution in [0.2, 0.25) is 0 Å². The minimum atomic E-state index is -0.600. The SMILES string of the molecule is CCOC(=O)c1sc(/N=N/c2sc(N)c(C#N)c2-c2ccccc2)c(C(=O)OCC)c1C. The Morgan fingerprint density at radius 3 is 2.28 bits per heavy atom. The number of nitriles is 1. The van der Waals surface area contributed by atoms with Gasteiger partial charge in [0.2, 0.25) is 0 Å². The zero-order chi connectivity index (χ0) is 23.3. The van der Waals surface area contributed by atoms with Gasteiger partial charge in [0.25, 0.3) is 0 Å². The molecule has 32 heavy (non-hydrogen) atoms. The number of hydrogen-bond donors (Lipinski definition) is 1. The molecule has 0 bridgehead atoms. The van der Waals surface area contributed by atoms with Crippen molar-refractivity contribution in [3.05, 3.63) is 51.9 Å². The molecule has 0 saturated carbocycles. The number of nitrogen functional groups attached to an aromatic ring is 1. The van der Waals surface area contributed by atoms with Crippen molar-refractivity contribution in [2.75, 3.05) is 18.9 Å². The Hall–Kier alpha value is -3.55. The molecule has 0 aliphatic carbocycles. The molecule has 0 aliphatic heterocycles. The van der Waals surface area contributed by atoms with E-state index in [1.807, 2.05) is 30.3 Å². The van der Waals surface area contributed by atoms with Crippen molar-refractivity contribution in [2.45, 2.75) is 20.8 Å². The van der Waals surface area contributed by atoms with Gasteiger partial charge in [-0.1, -0.05) is 41.7 Å². The van der Waals surface area contributed by atoms with Crippen molar-refractivity contribution in [1.29, 1.82) is 5.26 Å². The van der Waals surface area contributed by atoms with Gasteiger partial charge in [0.15, 0.2) is 5.00 Å². The summed E-state index contributed by atoms with van der Waals surface area (Å²) in [5.41, 5.74) is 8.28. The first-order valence-corrected chi connectivity index (χ1v) is 11.3. The van der Waals surface area contributed by atoms with Crippen LogP contribution in [0.15, 0.2) is 40.6 Å². The fraction of sp³-hybridized carbons (Fsp3) is 0.227. The monoisotopic (exact) mass is 468 g/mol. The maximum atomic E-state index is 12.6. The first kappa shape index (κ1) is 23.1. The lowest BCUT2D eigenvalue weighted by Gasteiger charge is -2.03. The first-order chi connectivity index (χ1) is 15.4. The Kier molecular flexibility index (Phi) is 7.35. The van der Waals surface area contributed by atoms with Crippen LogP contribution in [-0.4, -0.2) is 25.2 Å². The van der Waals surface area contributed by atoms with Crippen molar-refractivity contribution in [3.63, 3.8) is 0 Å². The zero-order valence-electron chi connectivity index (χ0n) is 17.7. The summed E-state index contributed by atoms with van der Waals surface area (Å²) in [6.45, 7) is 5.41. The Balaban J connectivity index is 2.12. The lowest BCUT2D eigenvalue weighted by Crippen LogP contribution is -2.08. The third-order valence-electron chi connectivity index (χ3n) is 4.39.